The van der Waals surface area contributed by atoms with Crippen molar-refractivity contribution in [1.29, 1.82) is 0 Å². The van der Waals surface area contributed by atoms with E-state index in [0.29, 0.717) is 5.56 Å². The van der Waals surface area contributed by atoms with Crippen LogP contribution in [0.1, 0.15) is 67.9 Å². The topological polar surface area (TPSA) is 87.7 Å². The number of rotatable bonds is 5. The van der Waals surface area contributed by atoms with E-state index < -0.39 is 11.1 Å². The zero-order valence-corrected chi connectivity index (χ0v) is 25.9. The number of pyridine rings is 1. The molecule has 4 heterocycles. The van der Waals surface area contributed by atoms with Crippen molar-refractivity contribution >= 4 is 39.9 Å². The first kappa shape index (κ1) is 27.8. The Hall–Kier alpha value is -3.98. The van der Waals surface area contributed by atoms with E-state index in [-0.39, 0.29) is 24.1 Å². The van der Waals surface area contributed by atoms with E-state index in [1.54, 1.807) is 11.3 Å². The number of ether oxygens (including phenoxy) is 1. The van der Waals surface area contributed by atoms with Crippen molar-refractivity contribution in [3.63, 3.8) is 0 Å². The SMILES string of the molecule is Cc1ccc(N2CC3CCC(C2)N3C(=O)OC(C)(C)C)cc1C(=O)NC1(c2cc(-c3nccs3)cc3ncccc23)CC1. The highest BCUT2D eigenvalue weighted by Crippen LogP contribution is 2.49. The molecule has 7 rings (SSSR count). The lowest BCUT2D eigenvalue weighted by Gasteiger charge is -2.42. The summed E-state index contributed by atoms with van der Waals surface area (Å²) in [4.78, 5) is 40.4. The van der Waals surface area contributed by atoms with Crippen LogP contribution in [-0.2, 0) is 10.3 Å². The van der Waals surface area contributed by atoms with Gasteiger partial charge in [0.1, 0.15) is 10.6 Å². The third-order valence-corrected chi connectivity index (χ3v) is 9.76. The van der Waals surface area contributed by atoms with Crippen LogP contribution in [0, 0.1) is 6.92 Å². The summed E-state index contributed by atoms with van der Waals surface area (Å²) in [5.74, 6) is -0.0658. The Morgan fingerprint density at radius 1 is 1.02 bits per heavy atom. The Morgan fingerprint density at radius 3 is 2.47 bits per heavy atom. The van der Waals surface area contributed by atoms with Crippen LogP contribution in [0.2, 0.25) is 0 Å². The Kier molecular flexibility index (Phi) is 6.69. The first-order valence-corrected chi connectivity index (χ1v) is 16.0. The molecular weight excluding hydrogens is 558 g/mol. The molecule has 2 unspecified atom stereocenters. The Labute approximate surface area is 256 Å². The summed E-state index contributed by atoms with van der Waals surface area (Å²) in [6.45, 7) is 9.17. The number of piperazine rings is 1. The van der Waals surface area contributed by atoms with Gasteiger partial charge < -0.3 is 15.0 Å². The number of anilines is 1. The van der Waals surface area contributed by atoms with Crippen molar-refractivity contribution in [1.82, 2.24) is 20.2 Å². The maximum atomic E-state index is 14.0. The van der Waals surface area contributed by atoms with Gasteiger partial charge in [0.05, 0.1) is 23.1 Å². The normalized spacial score (nSPS) is 20.7. The van der Waals surface area contributed by atoms with Crippen LogP contribution in [-0.4, -0.2) is 57.6 Å². The molecule has 8 nitrogen and oxygen atoms in total. The van der Waals surface area contributed by atoms with Gasteiger partial charge in [-0.05, 0) is 94.8 Å². The standard InChI is InChI=1S/C34H37N5O3S/c1-21-7-8-23(38-19-24-9-10-25(20-38)39(24)32(41)42-33(2,3)4)18-27(21)30(40)37-34(11-12-34)28-16-22(31-36-14-15-43-31)17-29-26(28)6-5-13-35-29/h5-8,13-18,24-25H,9-12,19-20H2,1-4H3,(H,37,40). The smallest absolute Gasteiger partial charge is 0.410 e. The molecule has 2 bridgehead atoms. The summed E-state index contributed by atoms with van der Waals surface area (Å²) in [5.41, 5.74) is 4.71. The van der Waals surface area contributed by atoms with Crippen molar-refractivity contribution < 1.29 is 14.3 Å². The summed E-state index contributed by atoms with van der Waals surface area (Å²) in [6, 6.07) is 14.7. The van der Waals surface area contributed by atoms with Gasteiger partial charge in [-0.3, -0.25) is 14.7 Å². The number of hydrogen-bond donors (Lipinski definition) is 1. The van der Waals surface area contributed by atoms with Crippen molar-refractivity contribution in [3.8, 4) is 10.6 Å². The predicted octanol–water partition coefficient (Wildman–Crippen LogP) is 6.67. The zero-order chi connectivity index (χ0) is 29.9. The first-order valence-electron chi connectivity index (χ1n) is 15.1. The zero-order valence-electron chi connectivity index (χ0n) is 25.1. The molecule has 222 valence electrons. The van der Waals surface area contributed by atoms with Crippen LogP contribution in [0.3, 0.4) is 0 Å². The fourth-order valence-corrected chi connectivity index (χ4v) is 7.34. The molecule has 3 fully saturated rings. The van der Waals surface area contributed by atoms with Crippen LogP contribution in [0.25, 0.3) is 21.5 Å². The predicted molar refractivity (Wildman–Crippen MR) is 170 cm³/mol. The lowest BCUT2D eigenvalue weighted by Crippen LogP contribution is -2.56. The molecular formula is C34H37N5O3S. The van der Waals surface area contributed by atoms with Gasteiger partial charge >= 0.3 is 6.09 Å². The molecule has 1 aliphatic carbocycles. The molecule has 4 aromatic rings. The van der Waals surface area contributed by atoms with Gasteiger partial charge in [0.25, 0.3) is 5.91 Å². The Bertz CT molecular complexity index is 1700. The molecule has 2 aromatic carbocycles. The van der Waals surface area contributed by atoms with Gasteiger partial charge in [-0.25, -0.2) is 9.78 Å². The number of fused-ring (bicyclic) bond motifs is 3. The van der Waals surface area contributed by atoms with Crippen molar-refractivity contribution in [3.05, 3.63) is 76.9 Å². The van der Waals surface area contributed by atoms with Gasteiger partial charge in [0.2, 0.25) is 0 Å². The lowest BCUT2D eigenvalue weighted by atomic mass is 9.95. The number of nitrogens with one attached hydrogen (secondary N) is 1. The molecule has 2 amide bonds. The summed E-state index contributed by atoms with van der Waals surface area (Å²) in [7, 11) is 0. The maximum Gasteiger partial charge on any atom is 0.410 e. The number of carbonyl (C=O) groups is 2. The number of amides is 2. The van der Waals surface area contributed by atoms with Crippen LogP contribution in [0.15, 0.2) is 60.2 Å². The fraction of sp³-hybridized carbons (Fsp3) is 0.412. The van der Waals surface area contributed by atoms with Gasteiger partial charge in [0, 0.05) is 53.1 Å². The number of nitrogens with zero attached hydrogens (tertiary/aromatic N) is 4. The summed E-state index contributed by atoms with van der Waals surface area (Å²) < 4.78 is 5.72. The largest absolute Gasteiger partial charge is 0.444 e. The van der Waals surface area contributed by atoms with Crippen LogP contribution >= 0.6 is 11.3 Å². The number of aromatic nitrogens is 2. The number of hydrogen-bond acceptors (Lipinski definition) is 7. The second kappa shape index (κ2) is 10.3. The van der Waals surface area contributed by atoms with Crippen LogP contribution < -0.4 is 10.2 Å². The van der Waals surface area contributed by atoms with E-state index in [1.165, 1.54) is 0 Å². The highest BCUT2D eigenvalue weighted by molar-refractivity contribution is 7.13. The first-order chi connectivity index (χ1) is 20.6. The maximum absolute atomic E-state index is 14.0. The summed E-state index contributed by atoms with van der Waals surface area (Å²) in [6.07, 6.45) is 7.08. The van der Waals surface area contributed by atoms with Crippen molar-refractivity contribution in [2.45, 2.75) is 76.6 Å². The Morgan fingerprint density at radius 2 is 1.79 bits per heavy atom. The van der Waals surface area contributed by atoms with E-state index in [2.05, 4.69) is 44.5 Å². The molecule has 9 heteroatoms. The molecule has 2 aromatic heterocycles. The minimum atomic E-state index is -0.517. The van der Waals surface area contributed by atoms with E-state index in [1.807, 2.05) is 68.6 Å². The molecule has 2 atom stereocenters. The number of benzene rings is 2. The molecule has 1 saturated carbocycles. The van der Waals surface area contributed by atoms with Gasteiger partial charge in [0.15, 0.2) is 0 Å². The minimum absolute atomic E-state index is 0.0658. The molecule has 0 radical (unpaired) electrons. The minimum Gasteiger partial charge on any atom is -0.444 e. The Balaban J connectivity index is 1.14. The fourth-order valence-electron chi connectivity index (χ4n) is 6.72. The van der Waals surface area contributed by atoms with Gasteiger partial charge in [-0.1, -0.05) is 12.1 Å². The quantitative estimate of drug-likeness (QED) is 0.277. The number of carbonyl (C=O) groups excluding carboxylic acids is 2. The molecule has 1 N–H and O–H groups in total. The average Bonchev–Trinajstić information content (AvgIpc) is 3.41. The second-order valence-corrected chi connectivity index (χ2v) is 14.0. The van der Waals surface area contributed by atoms with E-state index >= 15 is 0 Å². The van der Waals surface area contributed by atoms with E-state index in [9.17, 15) is 9.59 Å². The monoisotopic (exact) mass is 595 g/mol. The highest BCUT2D eigenvalue weighted by atomic mass is 32.1. The number of thiazole rings is 1. The third kappa shape index (κ3) is 5.24. The van der Waals surface area contributed by atoms with Crippen molar-refractivity contribution in [2.75, 3.05) is 18.0 Å². The van der Waals surface area contributed by atoms with Crippen molar-refractivity contribution in [2.24, 2.45) is 0 Å². The molecule has 0 spiro atoms. The highest BCUT2D eigenvalue weighted by Gasteiger charge is 2.48. The molecule has 2 saturated heterocycles. The second-order valence-electron chi connectivity index (χ2n) is 13.1. The molecule has 3 aliphatic rings. The van der Waals surface area contributed by atoms with Crippen LogP contribution in [0.4, 0.5) is 10.5 Å². The van der Waals surface area contributed by atoms with E-state index in [0.717, 1.165) is 77.1 Å². The summed E-state index contributed by atoms with van der Waals surface area (Å²) in [5, 5.41) is 7.42. The lowest BCUT2D eigenvalue weighted by molar-refractivity contribution is 0.0123. The van der Waals surface area contributed by atoms with Gasteiger partial charge in [-0.15, -0.1) is 11.3 Å². The van der Waals surface area contributed by atoms with Crippen LogP contribution in [0.5, 0.6) is 0 Å². The molecule has 2 aliphatic heterocycles. The number of aryl methyl sites for hydroxylation is 1. The van der Waals surface area contributed by atoms with Gasteiger partial charge in [-0.2, -0.15) is 0 Å². The average molecular weight is 596 g/mol. The molecule has 43 heavy (non-hydrogen) atoms. The summed E-state index contributed by atoms with van der Waals surface area (Å²) >= 11 is 1.60. The third-order valence-electron chi connectivity index (χ3n) is 8.94. The van der Waals surface area contributed by atoms with E-state index in [4.69, 9.17) is 4.74 Å².